The predicted molar refractivity (Wildman–Crippen MR) is 77.2 cm³/mol. The van der Waals surface area contributed by atoms with E-state index in [0.717, 1.165) is 12.8 Å². The van der Waals surface area contributed by atoms with Crippen molar-refractivity contribution < 1.29 is 27.1 Å². The molecule has 0 rings (SSSR count). The Labute approximate surface area is 128 Å². The van der Waals surface area contributed by atoms with Gasteiger partial charge in [0, 0.05) is 6.42 Å². The summed E-state index contributed by atoms with van der Waals surface area (Å²) in [6.45, 7) is 5.46. The topological polar surface area (TPSA) is 26.3 Å². The maximum Gasteiger partial charge on any atom is 0.319 e. The Morgan fingerprint density at radius 3 is 2.33 bits per heavy atom. The summed E-state index contributed by atoms with van der Waals surface area (Å²) in [5.41, 5.74) is 0. The van der Waals surface area contributed by atoms with E-state index in [1.54, 1.807) is 13.8 Å². The first-order valence-electron chi connectivity index (χ1n) is 7.18. The van der Waals surface area contributed by atoms with E-state index in [-0.39, 0.29) is 24.2 Å². The first kappa shape index (κ1) is 20.5. The number of ether oxygens (including phenoxy) is 1. The van der Waals surface area contributed by atoms with Gasteiger partial charge in [0.1, 0.15) is 5.25 Å². The monoisotopic (exact) mass is 332 g/mol. The van der Waals surface area contributed by atoms with Gasteiger partial charge in [-0.2, -0.15) is 0 Å². The second-order valence-corrected chi connectivity index (χ2v) is 6.46. The normalized spacial score (nSPS) is 13.8. The Balaban J connectivity index is 4.21. The van der Waals surface area contributed by atoms with Gasteiger partial charge in [-0.3, -0.25) is 4.79 Å². The van der Waals surface area contributed by atoms with Crippen molar-refractivity contribution in [3.8, 4) is 0 Å². The quantitative estimate of drug-likeness (QED) is 0.305. The van der Waals surface area contributed by atoms with Crippen LogP contribution in [0.2, 0.25) is 0 Å². The van der Waals surface area contributed by atoms with E-state index in [2.05, 4.69) is 0 Å². The Kier molecular flexibility index (Phi) is 10.1. The van der Waals surface area contributed by atoms with Gasteiger partial charge in [-0.15, -0.1) is 11.8 Å². The number of hydrogen-bond acceptors (Lipinski definition) is 3. The molecule has 126 valence electrons. The molecular weight excluding hydrogens is 308 g/mol. The fourth-order valence-electron chi connectivity index (χ4n) is 1.61. The van der Waals surface area contributed by atoms with Crippen LogP contribution >= 0.6 is 11.8 Å². The summed E-state index contributed by atoms with van der Waals surface area (Å²) >= 11 is 1.21. The number of hydrogen-bond donors (Lipinski definition) is 0. The summed E-state index contributed by atoms with van der Waals surface area (Å²) in [6, 6.07) is 0. The highest BCUT2D eigenvalue weighted by Crippen LogP contribution is 2.29. The van der Waals surface area contributed by atoms with Crippen LogP contribution in [0.5, 0.6) is 0 Å². The smallest absolute Gasteiger partial charge is 0.319 e. The van der Waals surface area contributed by atoms with Gasteiger partial charge in [0.2, 0.25) is 0 Å². The van der Waals surface area contributed by atoms with Gasteiger partial charge in [-0.25, -0.2) is 17.6 Å². The SMILES string of the molecule is CCCCC(SCCCC(F)(F)C(F)F)C(=O)OC(C)C. The van der Waals surface area contributed by atoms with Crippen LogP contribution in [0.15, 0.2) is 0 Å². The van der Waals surface area contributed by atoms with Gasteiger partial charge in [0.05, 0.1) is 6.10 Å². The van der Waals surface area contributed by atoms with Gasteiger partial charge in [-0.05, 0) is 32.4 Å². The van der Waals surface area contributed by atoms with Crippen molar-refractivity contribution in [2.75, 3.05) is 5.75 Å². The highest BCUT2D eigenvalue weighted by Gasteiger charge is 2.39. The van der Waals surface area contributed by atoms with Gasteiger partial charge in [-0.1, -0.05) is 19.8 Å². The lowest BCUT2D eigenvalue weighted by Gasteiger charge is -2.18. The van der Waals surface area contributed by atoms with E-state index >= 15 is 0 Å². The van der Waals surface area contributed by atoms with E-state index in [1.165, 1.54) is 11.8 Å². The van der Waals surface area contributed by atoms with E-state index < -0.39 is 24.0 Å². The Morgan fingerprint density at radius 1 is 1.24 bits per heavy atom. The fraction of sp³-hybridized carbons (Fsp3) is 0.929. The molecule has 7 heteroatoms. The Bertz CT molecular complexity index is 299. The molecule has 0 aromatic rings. The lowest BCUT2D eigenvalue weighted by molar-refractivity contribution is -0.146. The number of esters is 1. The molecule has 0 aliphatic rings. The fourth-order valence-corrected chi connectivity index (χ4v) is 2.73. The van der Waals surface area contributed by atoms with Crippen molar-refractivity contribution >= 4 is 17.7 Å². The van der Waals surface area contributed by atoms with Crippen molar-refractivity contribution in [3.63, 3.8) is 0 Å². The summed E-state index contributed by atoms with van der Waals surface area (Å²) in [6.07, 6.45) is -2.43. The van der Waals surface area contributed by atoms with Crippen LogP contribution in [0.25, 0.3) is 0 Å². The molecule has 2 nitrogen and oxygen atoms in total. The third kappa shape index (κ3) is 9.22. The van der Waals surface area contributed by atoms with Gasteiger partial charge < -0.3 is 4.74 Å². The highest BCUT2D eigenvalue weighted by molar-refractivity contribution is 8.00. The first-order chi connectivity index (χ1) is 9.70. The number of halogens is 4. The maximum absolute atomic E-state index is 12.8. The van der Waals surface area contributed by atoms with E-state index in [9.17, 15) is 22.4 Å². The minimum atomic E-state index is -3.95. The molecule has 0 radical (unpaired) electrons. The molecule has 0 bridgehead atoms. The lowest BCUT2D eigenvalue weighted by Crippen LogP contribution is -2.27. The molecule has 21 heavy (non-hydrogen) atoms. The Morgan fingerprint density at radius 2 is 1.86 bits per heavy atom. The van der Waals surface area contributed by atoms with Crippen LogP contribution in [-0.2, 0) is 9.53 Å². The second kappa shape index (κ2) is 10.3. The van der Waals surface area contributed by atoms with Gasteiger partial charge in [0.25, 0.3) is 0 Å². The molecule has 0 aliphatic carbocycles. The molecule has 1 atom stereocenters. The number of carbonyl (C=O) groups is 1. The third-order valence-electron chi connectivity index (χ3n) is 2.73. The van der Waals surface area contributed by atoms with Crippen molar-refractivity contribution in [1.82, 2.24) is 0 Å². The zero-order valence-electron chi connectivity index (χ0n) is 12.7. The number of alkyl halides is 4. The third-order valence-corrected chi connectivity index (χ3v) is 4.08. The summed E-state index contributed by atoms with van der Waals surface area (Å²) in [7, 11) is 0. The molecule has 0 aromatic carbocycles. The average molecular weight is 332 g/mol. The van der Waals surface area contributed by atoms with Crippen LogP contribution in [0.1, 0.15) is 52.9 Å². The number of rotatable bonds is 11. The highest BCUT2D eigenvalue weighted by atomic mass is 32.2. The van der Waals surface area contributed by atoms with Crippen molar-refractivity contribution in [3.05, 3.63) is 0 Å². The largest absolute Gasteiger partial charge is 0.462 e. The van der Waals surface area contributed by atoms with Gasteiger partial charge in [0.15, 0.2) is 0 Å². The van der Waals surface area contributed by atoms with Gasteiger partial charge >= 0.3 is 18.3 Å². The van der Waals surface area contributed by atoms with E-state index in [4.69, 9.17) is 4.74 Å². The van der Waals surface area contributed by atoms with Crippen LogP contribution in [0.3, 0.4) is 0 Å². The van der Waals surface area contributed by atoms with Crippen LogP contribution < -0.4 is 0 Å². The van der Waals surface area contributed by atoms with Crippen LogP contribution in [0.4, 0.5) is 17.6 Å². The summed E-state index contributed by atoms with van der Waals surface area (Å²) in [5, 5.41) is -0.410. The molecule has 0 fully saturated rings. The standard InChI is InChI=1S/C14H24F4O2S/c1-4-5-7-11(12(19)20-10(2)3)21-9-6-8-14(17,18)13(15)16/h10-11,13H,4-9H2,1-3H3. The Hall–Kier alpha value is -0.460. The number of thioether (sulfide) groups is 1. The summed E-state index contributed by atoms with van der Waals surface area (Å²) in [4.78, 5) is 11.8. The molecule has 1 unspecified atom stereocenters. The molecule has 0 saturated heterocycles. The molecule has 0 amide bonds. The molecule has 0 aliphatic heterocycles. The first-order valence-corrected chi connectivity index (χ1v) is 8.23. The second-order valence-electron chi connectivity index (χ2n) is 5.15. The van der Waals surface area contributed by atoms with Crippen molar-refractivity contribution in [1.29, 1.82) is 0 Å². The minimum Gasteiger partial charge on any atom is -0.462 e. The van der Waals surface area contributed by atoms with Crippen LogP contribution in [-0.4, -0.2) is 35.4 Å². The summed E-state index contributed by atoms with van der Waals surface area (Å²) in [5.74, 6) is -4.06. The van der Waals surface area contributed by atoms with Crippen molar-refractivity contribution in [2.45, 2.75) is 76.6 Å². The summed E-state index contributed by atoms with van der Waals surface area (Å²) < 4.78 is 54.6. The molecule has 0 spiro atoms. The lowest BCUT2D eigenvalue weighted by atomic mass is 10.2. The zero-order chi connectivity index (χ0) is 16.5. The molecular formula is C14H24F4O2S. The predicted octanol–water partition coefficient (Wildman–Crippen LogP) is 4.91. The average Bonchev–Trinajstić information content (AvgIpc) is 2.36. The molecule has 0 aromatic heterocycles. The molecule has 0 saturated carbocycles. The number of unbranched alkanes of at least 4 members (excludes halogenated alkanes) is 1. The van der Waals surface area contributed by atoms with Crippen molar-refractivity contribution in [2.24, 2.45) is 0 Å². The molecule has 0 N–H and O–H groups in total. The van der Waals surface area contributed by atoms with Crippen LogP contribution in [0, 0.1) is 0 Å². The van der Waals surface area contributed by atoms with E-state index in [1.807, 2.05) is 6.92 Å². The zero-order valence-corrected chi connectivity index (χ0v) is 13.5. The van der Waals surface area contributed by atoms with E-state index in [0.29, 0.717) is 6.42 Å². The minimum absolute atomic E-state index is 0.0560. The number of carbonyl (C=O) groups excluding carboxylic acids is 1. The maximum atomic E-state index is 12.8. The molecule has 0 heterocycles.